The summed E-state index contributed by atoms with van der Waals surface area (Å²) in [6.07, 6.45) is 4.80. The second-order valence-corrected chi connectivity index (χ2v) is 8.19. The van der Waals surface area contributed by atoms with E-state index in [2.05, 4.69) is 57.7 Å². The van der Waals surface area contributed by atoms with Crippen LogP contribution in [0.1, 0.15) is 23.6 Å². The minimum atomic E-state index is 0.0942. The predicted octanol–water partition coefficient (Wildman–Crippen LogP) is 4.11. The highest BCUT2D eigenvalue weighted by Crippen LogP contribution is 2.47. The van der Waals surface area contributed by atoms with E-state index in [0.717, 1.165) is 30.9 Å². The number of benzene rings is 2. The van der Waals surface area contributed by atoms with Crippen molar-refractivity contribution in [1.29, 1.82) is 0 Å². The number of hydrogen-bond donors (Lipinski definition) is 2. The lowest BCUT2D eigenvalue weighted by molar-refractivity contribution is 0.172. The summed E-state index contributed by atoms with van der Waals surface area (Å²) in [4.78, 5) is 6.71. The van der Waals surface area contributed by atoms with Gasteiger partial charge in [0.25, 0.3) is 0 Å². The highest BCUT2D eigenvalue weighted by atomic mass is 16.5. The van der Waals surface area contributed by atoms with E-state index >= 15 is 0 Å². The van der Waals surface area contributed by atoms with E-state index < -0.39 is 0 Å². The van der Waals surface area contributed by atoms with Gasteiger partial charge in [0.05, 0.1) is 19.8 Å². The minimum Gasteiger partial charge on any atom is -0.497 e. The number of pyridine rings is 1. The van der Waals surface area contributed by atoms with Crippen LogP contribution in [0.2, 0.25) is 0 Å². The molecule has 0 unspecified atom stereocenters. The van der Waals surface area contributed by atoms with E-state index in [9.17, 15) is 5.11 Å². The Bertz CT molecular complexity index is 1010. The number of anilines is 1. The Morgan fingerprint density at radius 1 is 1.07 bits per heavy atom. The summed E-state index contributed by atoms with van der Waals surface area (Å²) in [7, 11) is 1.69. The van der Waals surface area contributed by atoms with Crippen molar-refractivity contribution < 1.29 is 9.84 Å². The zero-order chi connectivity index (χ0) is 20.5. The van der Waals surface area contributed by atoms with Crippen LogP contribution in [0.15, 0.2) is 67.0 Å². The first-order valence-corrected chi connectivity index (χ1v) is 10.6. The summed E-state index contributed by atoms with van der Waals surface area (Å²) in [6, 6.07) is 19.4. The van der Waals surface area contributed by atoms with Crippen LogP contribution in [0, 0.1) is 5.92 Å². The van der Waals surface area contributed by atoms with Crippen LogP contribution < -0.4 is 10.1 Å². The van der Waals surface area contributed by atoms with Gasteiger partial charge < -0.3 is 15.2 Å². The molecule has 0 radical (unpaired) electrons. The number of ether oxygens (including phenoxy) is 1. The van der Waals surface area contributed by atoms with Crippen LogP contribution >= 0.6 is 0 Å². The number of aliphatic hydroxyl groups is 1. The molecule has 5 nitrogen and oxygen atoms in total. The molecule has 0 spiro atoms. The van der Waals surface area contributed by atoms with E-state index in [0.29, 0.717) is 12.0 Å². The van der Waals surface area contributed by atoms with E-state index in [4.69, 9.17) is 4.74 Å². The summed E-state index contributed by atoms with van der Waals surface area (Å²) >= 11 is 0. The monoisotopic (exact) mass is 401 g/mol. The van der Waals surface area contributed by atoms with Crippen LogP contribution in [-0.4, -0.2) is 41.3 Å². The largest absolute Gasteiger partial charge is 0.497 e. The summed E-state index contributed by atoms with van der Waals surface area (Å²) < 4.78 is 5.30. The molecule has 2 aromatic carbocycles. The van der Waals surface area contributed by atoms with Gasteiger partial charge in [-0.15, -0.1) is 0 Å². The molecule has 3 aromatic rings. The molecule has 2 aliphatic rings. The Balaban J connectivity index is 1.51. The number of aliphatic hydroxyl groups excluding tert-OH is 1. The Labute approximate surface area is 177 Å². The molecule has 2 aliphatic heterocycles. The fourth-order valence-corrected chi connectivity index (χ4v) is 5.02. The molecule has 1 aromatic heterocycles. The third kappa shape index (κ3) is 3.44. The topological polar surface area (TPSA) is 57.6 Å². The van der Waals surface area contributed by atoms with Crippen LogP contribution in [0.4, 0.5) is 5.69 Å². The lowest BCUT2D eigenvalue weighted by atomic mass is 9.82. The van der Waals surface area contributed by atoms with E-state index in [1.807, 2.05) is 24.5 Å². The van der Waals surface area contributed by atoms with Crippen molar-refractivity contribution in [2.24, 2.45) is 5.92 Å². The number of methoxy groups -OCH3 is 1. The molecule has 154 valence electrons. The van der Waals surface area contributed by atoms with Gasteiger partial charge in [-0.3, -0.25) is 9.88 Å². The Morgan fingerprint density at radius 3 is 2.57 bits per heavy atom. The second kappa shape index (κ2) is 8.09. The summed E-state index contributed by atoms with van der Waals surface area (Å²) in [5, 5.41) is 13.6. The lowest BCUT2D eigenvalue weighted by Gasteiger charge is -2.39. The molecular weight excluding hydrogens is 374 g/mol. The maximum absolute atomic E-state index is 10.0. The summed E-state index contributed by atoms with van der Waals surface area (Å²) in [5.41, 5.74) is 6.12. The zero-order valence-corrected chi connectivity index (χ0v) is 17.2. The molecule has 1 fully saturated rings. The molecule has 3 heterocycles. The van der Waals surface area contributed by atoms with Crippen molar-refractivity contribution in [2.75, 3.05) is 25.6 Å². The molecule has 0 saturated carbocycles. The number of nitrogens with one attached hydrogen (secondary N) is 1. The van der Waals surface area contributed by atoms with Gasteiger partial charge in [-0.05, 0) is 71.6 Å². The first kappa shape index (κ1) is 19.1. The van der Waals surface area contributed by atoms with Gasteiger partial charge in [-0.2, -0.15) is 0 Å². The third-order valence-electron chi connectivity index (χ3n) is 6.53. The van der Waals surface area contributed by atoms with Crippen molar-refractivity contribution in [1.82, 2.24) is 9.88 Å². The standard InChI is InChI=1S/C25H27N3O2/c1-30-20-5-2-18(3-6-20)19-4-7-23-22(14-19)25-21(24(16-29)27-23)10-13-28(25)15-17-8-11-26-12-9-17/h2-9,11-12,14,21,24-25,27,29H,10,13,15-16H2,1H3/t21-,24+,25-/m1/s1. The quantitative estimate of drug-likeness (QED) is 0.674. The number of likely N-dealkylation sites (tertiary alicyclic amines) is 1. The van der Waals surface area contributed by atoms with Crippen LogP contribution in [0.3, 0.4) is 0 Å². The van der Waals surface area contributed by atoms with Crippen LogP contribution in [0.25, 0.3) is 11.1 Å². The summed E-state index contributed by atoms with van der Waals surface area (Å²) in [5.74, 6) is 1.26. The smallest absolute Gasteiger partial charge is 0.118 e. The fraction of sp³-hybridized carbons (Fsp3) is 0.320. The van der Waals surface area contributed by atoms with Crippen molar-refractivity contribution >= 4 is 5.69 Å². The maximum atomic E-state index is 10.0. The van der Waals surface area contributed by atoms with Gasteiger partial charge in [0.2, 0.25) is 0 Å². The third-order valence-corrected chi connectivity index (χ3v) is 6.53. The second-order valence-electron chi connectivity index (χ2n) is 8.19. The molecule has 2 N–H and O–H groups in total. The number of rotatable bonds is 5. The number of hydrogen-bond acceptors (Lipinski definition) is 5. The average molecular weight is 402 g/mol. The fourth-order valence-electron chi connectivity index (χ4n) is 5.02. The van der Waals surface area contributed by atoms with Gasteiger partial charge in [-0.1, -0.05) is 18.2 Å². The van der Waals surface area contributed by atoms with Gasteiger partial charge in [0, 0.05) is 36.6 Å². The normalized spacial score (nSPS) is 22.8. The van der Waals surface area contributed by atoms with Gasteiger partial charge in [-0.25, -0.2) is 0 Å². The maximum Gasteiger partial charge on any atom is 0.118 e. The van der Waals surface area contributed by atoms with Crippen molar-refractivity contribution in [3.63, 3.8) is 0 Å². The Hall–Kier alpha value is -2.89. The highest BCUT2D eigenvalue weighted by Gasteiger charge is 2.43. The van der Waals surface area contributed by atoms with Crippen molar-refractivity contribution in [2.45, 2.75) is 25.0 Å². The zero-order valence-electron chi connectivity index (χ0n) is 17.2. The van der Waals surface area contributed by atoms with Crippen LogP contribution in [0.5, 0.6) is 5.75 Å². The van der Waals surface area contributed by atoms with Crippen LogP contribution in [-0.2, 0) is 6.54 Å². The molecule has 30 heavy (non-hydrogen) atoms. The van der Waals surface area contributed by atoms with Crippen molar-refractivity contribution in [3.8, 4) is 16.9 Å². The first-order valence-electron chi connectivity index (χ1n) is 10.6. The molecule has 0 bridgehead atoms. The Kier molecular flexibility index (Phi) is 5.15. The van der Waals surface area contributed by atoms with E-state index in [1.165, 1.54) is 22.3 Å². The molecule has 1 saturated heterocycles. The summed E-state index contributed by atoms with van der Waals surface area (Å²) in [6.45, 7) is 2.08. The number of aromatic nitrogens is 1. The van der Waals surface area contributed by atoms with Crippen molar-refractivity contribution in [3.05, 3.63) is 78.1 Å². The number of nitrogens with zero attached hydrogens (tertiary/aromatic N) is 2. The van der Waals surface area contributed by atoms with Gasteiger partial charge in [0.1, 0.15) is 5.75 Å². The molecule has 5 rings (SSSR count). The van der Waals surface area contributed by atoms with E-state index in [-0.39, 0.29) is 12.6 Å². The average Bonchev–Trinajstić information content (AvgIpc) is 3.23. The molecule has 3 atom stereocenters. The predicted molar refractivity (Wildman–Crippen MR) is 118 cm³/mol. The van der Waals surface area contributed by atoms with Gasteiger partial charge >= 0.3 is 0 Å². The Morgan fingerprint density at radius 2 is 1.83 bits per heavy atom. The molecular formula is C25H27N3O2. The van der Waals surface area contributed by atoms with Gasteiger partial charge in [0.15, 0.2) is 0 Å². The minimum absolute atomic E-state index is 0.0942. The first-order chi connectivity index (χ1) is 14.8. The SMILES string of the molecule is COc1ccc(-c2ccc3c(c2)[C@H]2[C@H](CCN2Cc2ccncc2)[C@H](CO)N3)cc1. The number of fused-ring (bicyclic) bond motifs is 3. The van der Waals surface area contributed by atoms with E-state index in [1.54, 1.807) is 7.11 Å². The molecule has 5 heteroatoms. The lowest BCUT2D eigenvalue weighted by Crippen LogP contribution is -2.41. The molecule has 0 aliphatic carbocycles. The molecule has 0 amide bonds. The highest BCUT2D eigenvalue weighted by molar-refractivity contribution is 5.70.